The molecule has 1 aliphatic carbocycles. The van der Waals surface area contributed by atoms with E-state index in [-0.39, 0.29) is 5.41 Å². The second kappa shape index (κ2) is 11.6. The van der Waals surface area contributed by atoms with Gasteiger partial charge in [0.05, 0.1) is 0 Å². The molecule has 0 spiro atoms. The number of hydrogen-bond donors (Lipinski definition) is 0. The summed E-state index contributed by atoms with van der Waals surface area (Å²) in [6.45, 7) is 4.68. The molecular formula is C51H35NO2. The monoisotopic (exact) mass is 693 g/mol. The molecule has 0 atom stereocenters. The molecule has 1 aliphatic rings. The molecule has 2 aromatic heterocycles. The first-order chi connectivity index (χ1) is 26.5. The van der Waals surface area contributed by atoms with Crippen molar-refractivity contribution < 1.29 is 8.83 Å². The average molecular weight is 694 g/mol. The molecular weight excluding hydrogens is 659 g/mol. The van der Waals surface area contributed by atoms with Gasteiger partial charge in [-0.1, -0.05) is 135 Å². The largest absolute Gasteiger partial charge is 0.456 e. The molecule has 0 unspecified atom stereocenters. The lowest BCUT2D eigenvalue weighted by molar-refractivity contribution is 0.660. The molecule has 0 saturated heterocycles. The van der Waals surface area contributed by atoms with Crippen molar-refractivity contribution in [3.63, 3.8) is 0 Å². The number of rotatable bonds is 5. The molecule has 0 amide bonds. The summed E-state index contributed by atoms with van der Waals surface area (Å²) in [5.41, 5.74) is 16.3. The summed E-state index contributed by atoms with van der Waals surface area (Å²) in [6.07, 6.45) is 0. The Morgan fingerprint density at radius 1 is 0.407 bits per heavy atom. The third-order valence-electron chi connectivity index (χ3n) is 11.4. The van der Waals surface area contributed by atoms with Crippen LogP contribution in [-0.2, 0) is 5.41 Å². The lowest BCUT2D eigenvalue weighted by Gasteiger charge is -2.28. The van der Waals surface area contributed by atoms with Crippen LogP contribution in [0.5, 0.6) is 0 Å². The highest BCUT2D eigenvalue weighted by molar-refractivity contribution is 6.23. The van der Waals surface area contributed by atoms with E-state index < -0.39 is 0 Å². The van der Waals surface area contributed by atoms with E-state index in [4.69, 9.17) is 8.83 Å². The second-order valence-electron chi connectivity index (χ2n) is 14.9. The van der Waals surface area contributed by atoms with Crippen molar-refractivity contribution in [1.82, 2.24) is 0 Å². The minimum Gasteiger partial charge on any atom is -0.456 e. The number of nitrogens with zero attached hydrogens (tertiary/aromatic N) is 1. The van der Waals surface area contributed by atoms with Gasteiger partial charge in [-0.3, -0.25) is 0 Å². The van der Waals surface area contributed by atoms with Gasteiger partial charge in [0.2, 0.25) is 0 Å². The SMILES string of the molecule is CC1(C)c2ccccc2-c2ccc(N(c3cccc(-c4ccccc4)c3)c3ccc4c(c3)oc3c(-c5ccccc5)c5c(cc34)oc3ccccc35)cc21. The first-order valence-corrected chi connectivity index (χ1v) is 18.6. The fourth-order valence-corrected chi connectivity index (χ4v) is 8.86. The number of hydrogen-bond acceptors (Lipinski definition) is 3. The minimum atomic E-state index is -0.128. The van der Waals surface area contributed by atoms with E-state index in [2.05, 4.69) is 183 Å². The molecule has 0 radical (unpaired) electrons. The minimum absolute atomic E-state index is 0.128. The molecule has 3 nitrogen and oxygen atoms in total. The molecule has 54 heavy (non-hydrogen) atoms. The fraction of sp³-hybridized carbons (Fsp3) is 0.0588. The predicted octanol–water partition coefficient (Wildman–Crippen LogP) is 14.6. The summed E-state index contributed by atoms with van der Waals surface area (Å²) in [5, 5.41) is 4.25. The Morgan fingerprint density at radius 2 is 1.07 bits per heavy atom. The second-order valence-corrected chi connectivity index (χ2v) is 14.9. The van der Waals surface area contributed by atoms with Crippen molar-refractivity contribution in [2.45, 2.75) is 19.3 Å². The first-order valence-electron chi connectivity index (χ1n) is 18.6. The summed E-state index contributed by atoms with van der Waals surface area (Å²) >= 11 is 0. The molecule has 256 valence electrons. The van der Waals surface area contributed by atoms with E-state index >= 15 is 0 Å². The Kier molecular flexibility index (Phi) is 6.60. The van der Waals surface area contributed by atoms with Gasteiger partial charge >= 0.3 is 0 Å². The number of para-hydroxylation sites is 1. The Labute approximate surface area is 313 Å². The van der Waals surface area contributed by atoms with Crippen molar-refractivity contribution in [3.8, 4) is 33.4 Å². The smallest absolute Gasteiger partial charge is 0.144 e. The number of furan rings is 2. The Balaban J connectivity index is 1.14. The quantitative estimate of drug-likeness (QED) is 0.180. The maximum absolute atomic E-state index is 7.00. The van der Waals surface area contributed by atoms with Crippen LogP contribution in [0.4, 0.5) is 17.1 Å². The molecule has 10 aromatic rings. The maximum atomic E-state index is 7.00. The third-order valence-corrected chi connectivity index (χ3v) is 11.4. The highest BCUT2D eigenvalue weighted by Gasteiger charge is 2.36. The van der Waals surface area contributed by atoms with E-state index in [1.54, 1.807) is 0 Å². The molecule has 3 heteroatoms. The van der Waals surface area contributed by atoms with Crippen molar-refractivity contribution in [3.05, 3.63) is 187 Å². The molecule has 11 rings (SSSR count). The van der Waals surface area contributed by atoms with E-state index in [1.165, 1.54) is 33.4 Å². The van der Waals surface area contributed by atoms with Gasteiger partial charge < -0.3 is 13.7 Å². The highest BCUT2D eigenvalue weighted by Crippen LogP contribution is 2.51. The third kappa shape index (κ3) is 4.55. The molecule has 0 bridgehead atoms. The van der Waals surface area contributed by atoms with Crippen LogP contribution in [0.25, 0.3) is 77.3 Å². The van der Waals surface area contributed by atoms with Gasteiger partial charge in [0.25, 0.3) is 0 Å². The van der Waals surface area contributed by atoms with Gasteiger partial charge in [0.1, 0.15) is 22.3 Å². The standard InChI is InChI=1S/C51H35NO2/c1-51(2)43-22-11-9-20-38(43)39-26-24-36(29-44(39)51)52(35-19-13-18-34(28-35)32-14-5-3-6-15-32)37-25-27-40-42-31-47-49(41-21-10-12-23-45(41)53-47)48(33-16-7-4-8-17-33)50(42)54-46(40)30-37/h3-31H,1-2H3. The van der Waals surface area contributed by atoms with Crippen LogP contribution < -0.4 is 4.90 Å². The van der Waals surface area contributed by atoms with Gasteiger partial charge in [-0.15, -0.1) is 0 Å². The summed E-state index contributed by atoms with van der Waals surface area (Å²) in [4.78, 5) is 2.37. The Morgan fingerprint density at radius 3 is 1.93 bits per heavy atom. The lowest BCUT2D eigenvalue weighted by Crippen LogP contribution is -2.16. The molecule has 0 saturated carbocycles. The molecule has 0 fully saturated rings. The van der Waals surface area contributed by atoms with E-state index in [0.717, 1.165) is 72.1 Å². The zero-order valence-corrected chi connectivity index (χ0v) is 30.0. The van der Waals surface area contributed by atoms with Gasteiger partial charge in [0, 0.05) is 55.7 Å². The Hall–Kier alpha value is -6.84. The van der Waals surface area contributed by atoms with Crippen LogP contribution in [0.1, 0.15) is 25.0 Å². The zero-order valence-electron chi connectivity index (χ0n) is 30.0. The summed E-state index contributed by atoms with van der Waals surface area (Å²) in [7, 11) is 0. The highest BCUT2D eigenvalue weighted by atomic mass is 16.3. The first kappa shape index (κ1) is 30.8. The van der Waals surface area contributed by atoms with Crippen molar-refractivity contribution in [1.29, 1.82) is 0 Å². The normalized spacial score (nSPS) is 13.1. The van der Waals surface area contributed by atoms with Gasteiger partial charge in [-0.25, -0.2) is 0 Å². The van der Waals surface area contributed by atoms with Crippen LogP contribution in [0.2, 0.25) is 0 Å². The summed E-state index contributed by atoms with van der Waals surface area (Å²) in [5.74, 6) is 0. The van der Waals surface area contributed by atoms with E-state index in [9.17, 15) is 0 Å². The molecule has 2 heterocycles. The van der Waals surface area contributed by atoms with Crippen LogP contribution >= 0.6 is 0 Å². The zero-order chi connectivity index (χ0) is 36.0. The maximum Gasteiger partial charge on any atom is 0.144 e. The molecule has 0 aliphatic heterocycles. The summed E-state index contributed by atoms with van der Waals surface area (Å²) < 4.78 is 13.5. The van der Waals surface area contributed by atoms with Crippen molar-refractivity contribution >= 4 is 60.9 Å². The molecule has 0 N–H and O–H groups in total. The van der Waals surface area contributed by atoms with Crippen molar-refractivity contribution in [2.75, 3.05) is 4.90 Å². The average Bonchev–Trinajstić information content (AvgIpc) is 3.85. The van der Waals surface area contributed by atoms with Crippen LogP contribution in [0.15, 0.2) is 185 Å². The number of fused-ring (bicyclic) bond motifs is 9. The lowest BCUT2D eigenvalue weighted by atomic mass is 9.82. The van der Waals surface area contributed by atoms with E-state index in [1.807, 2.05) is 12.1 Å². The van der Waals surface area contributed by atoms with Gasteiger partial charge in [0.15, 0.2) is 0 Å². The van der Waals surface area contributed by atoms with E-state index in [0.29, 0.717) is 0 Å². The molecule has 8 aromatic carbocycles. The van der Waals surface area contributed by atoms with Crippen LogP contribution in [-0.4, -0.2) is 0 Å². The topological polar surface area (TPSA) is 29.5 Å². The van der Waals surface area contributed by atoms with Crippen molar-refractivity contribution in [2.24, 2.45) is 0 Å². The van der Waals surface area contributed by atoms with Gasteiger partial charge in [-0.05, 0) is 87.5 Å². The van der Waals surface area contributed by atoms with Crippen LogP contribution in [0, 0.1) is 0 Å². The summed E-state index contributed by atoms with van der Waals surface area (Å²) in [6, 6.07) is 62.8. The van der Waals surface area contributed by atoms with Crippen LogP contribution in [0.3, 0.4) is 0 Å². The van der Waals surface area contributed by atoms with Gasteiger partial charge in [-0.2, -0.15) is 0 Å². The number of anilines is 3. The fourth-order valence-electron chi connectivity index (χ4n) is 8.86. The number of benzene rings is 8. The predicted molar refractivity (Wildman–Crippen MR) is 224 cm³/mol. The Bertz CT molecular complexity index is 3080.